The third-order valence-electron chi connectivity index (χ3n) is 3.19. The van der Waals surface area contributed by atoms with Gasteiger partial charge in [-0.2, -0.15) is 0 Å². The maximum absolute atomic E-state index is 14.6. The van der Waals surface area contributed by atoms with Gasteiger partial charge >= 0.3 is 0 Å². The molecule has 0 radical (unpaired) electrons. The van der Waals surface area contributed by atoms with Crippen molar-refractivity contribution in [1.29, 1.82) is 0 Å². The lowest BCUT2D eigenvalue weighted by Crippen LogP contribution is -2.43. The van der Waals surface area contributed by atoms with Gasteiger partial charge in [-0.1, -0.05) is 46.3 Å². The van der Waals surface area contributed by atoms with E-state index in [9.17, 15) is 14.3 Å². The third kappa shape index (κ3) is 2.52. The zero-order valence-corrected chi connectivity index (χ0v) is 12.7. The first kappa shape index (κ1) is 15.5. The maximum atomic E-state index is 14.6. The SMILES string of the molecule is COc1ccc(Br)c(C(O)(C(N)=O)c2ccccc2)c1F. The molecule has 1 amide bonds. The Kier molecular flexibility index (Phi) is 4.29. The molecular weight excluding hydrogens is 341 g/mol. The molecule has 0 saturated heterocycles. The Hall–Kier alpha value is -1.92. The first-order valence-corrected chi connectivity index (χ1v) is 6.82. The van der Waals surface area contributed by atoms with E-state index in [1.807, 2.05) is 0 Å². The van der Waals surface area contributed by atoms with Crippen LogP contribution in [0.3, 0.4) is 0 Å². The summed E-state index contributed by atoms with van der Waals surface area (Å²) >= 11 is 3.15. The molecule has 4 nitrogen and oxygen atoms in total. The van der Waals surface area contributed by atoms with Crippen molar-refractivity contribution in [3.05, 3.63) is 63.9 Å². The van der Waals surface area contributed by atoms with E-state index in [-0.39, 0.29) is 21.3 Å². The Morgan fingerprint density at radius 2 is 1.90 bits per heavy atom. The average molecular weight is 354 g/mol. The predicted octanol–water partition coefficient (Wildman–Crippen LogP) is 2.32. The van der Waals surface area contributed by atoms with Crippen molar-refractivity contribution in [1.82, 2.24) is 0 Å². The largest absolute Gasteiger partial charge is 0.494 e. The highest BCUT2D eigenvalue weighted by molar-refractivity contribution is 9.10. The Bertz CT molecular complexity index is 678. The van der Waals surface area contributed by atoms with Crippen LogP contribution in [-0.2, 0) is 10.4 Å². The van der Waals surface area contributed by atoms with E-state index in [1.165, 1.54) is 31.4 Å². The van der Waals surface area contributed by atoms with Gasteiger partial charge in [-0.25, -0.2) is 4.39 Å². The van der Waals surface area contributed by atoms with E-state index in [2.05, 4.69) is 15.9 Å². The molecule has 0 aliphatic heterocycles. The molecule has 21 heavy (non-hydrogen) atoms. The molecule has 0 bridgehead atoms. The molecule has 6 heteroatoms. The van der Waals surface area contributed by atoms with Crippen LogP contribution in [0, 0.1) is 5.82 Å². The van der Waals surface area contributed by atoms with E-state index in [0.29, 0.717) is 0 Å². The summed E-state index contributed by atoms with van der Waals surface area (Å²) in [7, 11) is 1.29. The number of aliphatic hydroxyl groups is 1. The van der Waals surface area contributed by atoms with E-state index in [1.54, 1.807) is 18.2 Å². The number of primary amides is 1. The molecule has 0 aromatic heterocycles. The summed E-state index contributed by atoms with van der Waals surface area (Å²) < 4.78 is 19.7. The van der Waals surface area contributed by atoms with Crippen LogP contribution in [-0.4, -0.2) is 18.1 Å². The van der Waals surface area contributed by atoms with Crippen molar-refractivity contribution < 1.29 is 19.0 Å². The van der Waals surface area contributed by atoms with Crippen LogP contribution in [0.2, 0.25) is 0 Å². The molecule has 0 saturated carbocycles. The molecule has 110 valence electrons. The van der Waals surface area contributed by atoms with Gasteiger partial charge in [-0.05, 0) is 17.7 Å². The Labute approximate surface area is 129 Å². The second kappa shape index (κ2) is 5.83. The summed E-state index contributed by atoms with van der Waals surface area (Å²) in [5, 5.41) is 10.8. The first-order valence-electron chi connectivity index (χ1n) is 6.03. The van der Waals surface area contributed by atoms with Gasteiger partial charge in [0.2, 0.25) is 0 Å². The molecule has 1 unspecified atom stereocenters. The minimum atomic E-state index is -2.31. The van der Waals surface area contributed by atoms with Crippen LogP contribution in [0.1, 0.15) is 11.1 Å². The summed E-state index contributed by atoms with van der Waals surface area (Å²) in [5.41, 5.74) is 2.93. The summed E-state index contributed by atoms with van der Waals surface area (Å²) in [5.74, 6) is -2.03. The van der Waals surface area contributed by atoms with Gasteiger partial charge in [0.05, 0.1) is 12.7 Å². The highest BCUT2D eigenvalue weighted by atomic mass is 79.9. The fourth-order valence-electron chi connectivity index (χ4n) is 2.11. The number of ether oxygens (including phenoxy) is 1. The quantitative estimate of drug-likeness (QED) is 0.885. The number of methoxy groups -OCH3 is 1. The molecule has 0 heterocycles. The normalized spacial score (nSPS) is 13.5. The molecule has 2 rings (SSSR count). The number of carbonyl (C=O) groups excluding carboxylic acids is 1. The lowest BCUT2D eigenvalue weighted by atomic mass is 9.85. The van der Waals surface area contributed by atoms with Gasteiger partial charge in [0.1, 0.15) is 0 Å². The number of hydrogen-bond donors (Lipinski definition) is 2. The van der Waals surface area contributed by atoms with Crippen molar-refractivity contribution in [3.8, 4) is 5.75 Å². The second-order valence-electron chi connectivity index (χ2n) is 4.38. The number of benzene rings is 2. The summed E-state index contributed by atoms with van der Waals surface area (Å²) in [4.78, 5) is 11.9. The van der Waals surface area contributed by atoms with Gasteiger partial charge in [0, 0.05) is 4.47 Å². The Morgan fingerprint density at radius 1 is 1.29 bits per heavy atom. The second-order valence-corrected chi connectivity index (χ2v) is 5.23. The van der Waals surface area contributed by atoms with Gasteiger partial charge < -0.3 is 15.6 Å². The fraction of sp³-hybridized carbons (Fsp3) is 0.133. The number of halogens is 2. The van der Waals surface area contributed by atoms with Crippen molar-refractivity contribution in [2.45, 2.75) is 5.60 Å². The molecule has 2 aromatic carbocycles. The molecule has 2 aromatic rings. The molecule has 0 aliphatic rings. The summed E-state index contributed by atoms with van der Waals surface area (Å²) in [6.45, 7) is 0. The third-order valence-corrected chi connectivity index (χ3v) is 3.85. The Morgan fingerprint density at radius 3 is 2.43 bits per heavy atom. The molecule has 0 aliphatic carbocycles. The van der Waals surface area contributed by atoms with E-state index < -0.39 is 17.3 Å². The minimum Gasteiger partial charge on any atom is -0.494 e. The van der Waals surface area contributed by atoms with Gasteiger partial charge in [0.15, 0.2) is 17.2 Å². The van der Waals surface area contributed by atoms with Crippen LogP contribution in [0.4, 0.5) is 4.39 Å². The van der Waals surface area contributed by atoms with Crippen LogP contribution < -0.4 is 10.5 Å². The Balaban J connectivity index is 2.79. The lowest BCUT2D eigenvalue weighted by Gasteiger charge is -2.27. The van der Waals surface area contributed by atoms with Crippen molar-refractivity contribution >= 4 is 21.8 Å². The van der Waals surface area contributed by atoms with Crippen LogP contribution in [0.25, 0.3) is 0 Å². The van der Waals surface area contributed by atoms with Gasteiger partial charge in [0.25, 0.3) is 5.91 Å². The topological polar surface area (TPSA) is 72.6 Å². The van der Waals surface area contributed by atoms with E-state index in [4.69, 9.17) is 10.5 Å². The van der Waals surface area contributed by atoms with Crippen LogP contribution >= 0.6 is 15.9 Å². The fourth-order valence-corrected chi connectivity index (χ4v) is 2.70. The smallest absolute Gasteiger partial charge is 0.258 e. The lowest BCUT2D eigenvalue weighted by molar-refractivity contribution is -0.133. The number of carbonyl (C=O) groups is 1. The van der Waals surface area contributed by atoms with Crippen molar-refractivity contribution in [2.75, 3.05) is 7.11 Å². The van der Waals surface area contributed by atoms with E-state index in [0.717, 1.165) is 0 Å². The summed E-state index contributed by atoms with van der Waals surface area (Å²) in [6, 6.07) is 10.8. The molecule has 3 N–H and O–H groups in total. The zero-order chi connectivity index (χ0) is 15.6. The van der Waals surface area contributed by atoms with E-state index >= 15 is 0 Å². The van der Waals surface area contributed by atoms with Crippen molar-refractivity contribution in [2.24, 2.45) is 5.73 Å². The van der Waals surface area contributed by atoms with Crippen molar-refractivity contribution in [3.63, 3.8) is 0 Å². The van der Waals surface area contributed by atoms with Gasteiger partial charge in [-0.3, -0.25) is 4.79 Å². The highest BCUT2D eigenvalue weighted by Crippen LogP contribution is 2.39. The van der Waals surface area contributed by atoms with Gasteiger partial charge in [-0.15, -0.1) is 0 Å². The molecule has 0 fully saturated rings. The average Bonchev–Trinajstić information content (AvgIpc) is 2.48. The summed E-state index contributed by atoms with van der Waals surface area (Å²) in [6.07, 6.45) is 0. The van der Waals surface area contributed by atoms with Crippen LogP contribution in [0.5, 0.6) is 5.75 Å². The number of amides is 1. The monoisotopic (exact) mass is 353 g/mol. The standard InChI is InChI=1S/C15H13BrFNO3/c1-21-11-8-7-10(16)12(13(11)17)15(20,14(18)19)9-5-3-2-4-6-9/h2-8,20H,1H3,(H2,18,19). The predicted molar refractivity (Wildman–Crippen MR) is 79.3 cm³/mol. The maximum Gasteiger partial charge on any atom is 0.258 e. The number of rotatable bonds is 4. The number of hydrogen-bond acceptors (Lipinski definition) is 3. The minimum absolute atomic E-state index is 0.0937. The molecular formula is C15H13BrFNO3. The molecule has 0 spiro atoms. The van der Waals surface area contributed by atoms with Crippen LogP contribution in [0.15, 0.2) is 46.9 Å². The first-order chi connectivity index (χ1) is 9.92. The zero-order valence-electron chi connectivity index (χ0n) is 11.1. The molecule has 1 atom stereocenters. The highest BCUT2D eigenvalue weighted by Gasteiger charge is 2.42. The number of nitrogens with two attached hydrogens (primary N) is 1.